The zero-order chi connectivity index (χ0) is 17.5. The SMILES string of the molecule is CN(C)CCN(Cc1cccc(CN)c1)Cc1cccc(F)c1F. The average molecular weight is 333 g/mol. The molecule has 0 aliphatic rings. The Morgan fingerprint density at radius 3 is 2.33 bits per heavy atom. The van der Waals surface area contributed by atoms with Gasteiger partial charge in [0, 0.05) is 38.3 Å². The van der Waals surface area contributed by atoms with E-state index in [0.29, 0.717) is 25.2 Å². The van der Waals surface area contributed by atoms with Gasteiger partial charge in [-0.15, -0.1) is 0 Å². The van der Waals surface area contributed by atoms with Crippen LogP contribution in [0.5, 0.6) is 0 Å². The number of hydrogen-bond donors (Lipinski definition) is 1. The molecule has 0 aliphatic heterocycles. The predicted molar refractivity (Wildman–Crippen MR) is 93.4 cm³/mol. The van der Waals surface area contributed by atoms with Crippen molar-refractivity contribution in [1.29, 1.82) is 0 Å². The van der Waals surface area contributed by atoms with E-state index in [9.17, 15) is 8.78 Å². The van der Waals surface area contributed by atoms with Crippen LogP contribution in [0.25, 0.3) is 0 Å². The van der Waals surface area contributed by atoms with Crippen molar-refractivity contribution in [2.75, 3.05) is 27.2 Å². The third-order valence-corrected chi connectivity index (χ3v) is 3.92. The maximum atomic E-state index is 14.0. The smallest absolute Gasteiger partial charge is 0.163 e. The van der Waals surface area contributed by atoms with Crippen molar-refractivity contribution in [1.82, 2.24) is 9.80 Å². The fourth-order valence-electron chi connectivity index (χ4n) is 2.58. The molecular formula is C19H25F2N3. The molecule has 0 saturated heterocycles. The lowest BCUT2D eigenvalue weighted by Gasteiger charge is -2.25. The molecule has 130 valence electrons. The first kappa shape index (κ1) is 18.5. The summed E-state index contributed by atoms with van der Waals surface area (Å²) in [7, 11) is 3.99. The minimum atomic E-state index is -0.801. The highest BCUT2D eigenvalue weighted by atomic mass is 19.2. The maximum Gasteiger partial charge on any atom is 0.163 e. The van der Waals surface area contributed by atoms with Gasteiger partial charge < -0.3 is 10.6 Å². The quantitative estimate of drug-likeness (QED) is 0.806. The van der Waals surface area contributed by atoms with E-state index in [-0.39, 0.29) is 0 Å². The molecule has 0 amide bonds. The van der Waals surface area contributed by atoms with Gasteiger partial charge in [-0.2, -0.15) is 0 Å². The normalized spacial score (nSPS) is 11.5. The lowest BCUT2D eigenvalue weighted by Crippen LogP contribution is -2.31. The Labute approximate surface area is 142 Å². The molecule has 24 heavy (non-hydrogen) atoms. The maximum absolute atomic E-state index is 14.0. The molecule has 3 nitrogen and oxygen atoms in total. The van der Waals surface area contributed by atoms with Gasteiger partial charge in [0.1, 0.15) is 0 Å². The lowest BCUT2D eigenvalue weighted by molar-refractivity contribution is 0.223. The first-order valence-corrected chi connectivity index (χ1v) is 8.07. The third-order valence-electron chi connectivity index (χ3n) is 3.92. The number of likely N-dealkylation sites (N-methyl/N-ethyl adjacent to an activating group) is 1. The zero-order valence-corrected chi connectivity index (χ0v) is 14.3. The van der Waals surface area contributed by atoms with E-state index in [1.165, 1.54) is 0 Å². The van der Waals surface area contributed by atoms with Crippen LogP contribution < -0.4 is 5.73 Å². The number of benzene rings is 2. The number of nitrogens with two attached hydrogens (primary N) is 1. The lowest BCUT2D eigenvalue weighted by atomic mass is 10.1. The van der Waals surface area contributed by atoms with Gasteiger partial charge in [0.15, 0.2) is 11.6 Å². The molecular weight excluding hydrogens is 308 g/mol. The number of rotatable bonds is 8. The highest BCUT2D eigenvalue weighted by Crippen LogP contribution is 2.16. The van der Waals surface area contributed by atoms with E-state index in [4.69, 9.17) is 5.73 Å². The second-order valence-corrected chi connectivity index (χ2v) is 6.25. The molecule has 0 aliphatic carbocycles. The van der Waals surface area contributed by atoms with Gasteiger partial charge in [-0.3, -0.25) is 4.90 Å². The van der Waals surface area contributed by atoms with Gasteiger partial charge in [0.2, 0.25) is 0 Å². The van der Waals surface area contributed by atoms with Crippen LogP contribution in [0.2, 0.25) is 0 Å². The summed E-state index contributed by atoms with van der Waals surface area (Å²) in [5.41, 5.74) is 8.26. The van der Waals surface area contributed by atoms with Crippen molar-refractivity contribution in [2.45, 2.75) is 19.6 Å². The molecule has 2 aromatic rings. The van der Waals surface area contributed by atoms with Gasteiger partial charge in [0.25, 0.3) is 0 Å². The Hall–Kier alpha value is -1.82. The molecule has 5 heteroatoms. The summed E-state index contributed by atoms with van der Waals surface area (Å²) in [6.07, 6.45) is 0. The molecule has 0 spiro atoms. The van der Waals surface area contributed by atoms with E-state index < -0.39 is 11.6 Å². The largest absolute Gasteiger partial charge is 0.326 e. The van der Waals surface area contributed by atoms with E-state index >= 15 is 0 Å². The van der Waals surface area contributed by atoms with Gasteiger partial charge in [-0.1, -0.05) is 36.4 Å². The second-order valence-electron chi connectivity index (χ2n) is 6.25. The highest BCUT2D eigenvalue weighted by Gasteiger charge is 2.13. The number of hydrogen-bond acceptors (Lipinski definition) is 3. The summed E-state index contributed by atoms with van der Waals surface area (Å²) in [5.74, 6) is -1.56. The highest BCUT2D eigenvalue weighted by molar-refractivity contribution is 5.24. The van der Waals surface area contributed by atoms with Gasteiger partial charge >= 0.3 is 0 Å². The zero-order valence-electron chi connectivity index (χ0n) is 14.3. The molecule has 2 rings (SSSR count). The summed E-state index contributed by atoms with van der Waals surface area (Å²) >= 11 is 0. The van der Waals surface area contributed by atoms with Gasteiger partial charge in [-0.05, 0) is 31.3 Å². The Morgan fingerprint density at radius 1 is 0.917 bits per heavy atom. The van der Waals surface area contributed by atoms with Crippen LogP contribution in [0.15, 0.2) is 42.5 Å². The van der Waals surface area contributed by atoms with E-state index in [1.54, 1.807) is 12.1 Å². The van der Waals surface area contributed by atoms with Crippen LogP contribution in [-0.2, 0) is 19.6 Å². The molecule has 0 fully saturated rings. The predicted octanol–water partition coefficient (Wildman–Crippen LogP) is 2.99. The summed E-state index contributed by atoms with van der Waals surface area (Å²) in [4.78, 5) is 4.19. The Kier molecular flexibility index (Phi) is 6.85. The minimum Gasteiger partial charge on any atom is -0.326 e. The first-order chi connectivity index (χ1) is 11.5. The van der Waals surface area contributed by atoms with Crippen LogP contribution in [0.4, 0.5) is 8.78 Å². The summed E-state index contributed by atoms with van der Waals surface area (Å²) < 4.78 is 27.4. The van der Waals surface area contributed by atoms with Crippen LogP contribution in [0.1, 0.15) is 16.7 Å². The number of nitrogens with zero attached hydrogens (tertiary/aromatic N) is 2. The molecule has 0 atom stereocenters. The van der Waals surface area contributed by atoms with Crippen LogP contribution in [0, 0.1) is 11.6 Å². The van der Waals surface area contributed by atoms with Crippen molar-refractivity contribution in [3.8, 4) is 0 Å². The van der Waals surface area contributed by atoms with E-state index in [2.05, 4.69) is 15.9 Å². The van der Waals surface area contributed by atoms with Crippen LogP contribution >= 0.6 is 0 Å². The topological polar surface area (TPSA) is 32.5 Å². The van der Waals surface area contributed by atoms with Crippen molar-refractivity contribution in [3.05, 3.63) is 70.8 Å². The van der Waals surface area contributed by atoms with Crippen molar-refractivity contribution >= 4 is 0 Å². The second kappa shape index (κ2) is 8.87. The monoisotopic (exact) mass is 333 g/mol. The summed E-state index contributed by atoms with van der Waals surface area (Å²) in [6.45, 7) is 3.12. The number of halogens is 2. The van der Waals surface area contributed by atoms with Gasteiger partial charge in [-0.25, -0.2) is 8.78 Å². The van der Waals surface area contributed by atoms with E-state index in [0.717, 1.165) is 30.3 Å². The molecule has 0 unspecified atom stereocenters. The Balaban J connectivity index is 2.15. The molecule has 0 radical (unpaired) electrons. The molecule has 0 aromatic heterocycles. The Bertz CT molecular complexity index is 659. The van der Waals surface area contributed by atoms with Gasteiger partial charge in [0.05, 0.1) is 0 Å². The molecule has 2 N–H and O–H groups in total. The fourth-order valence-corrected chi connectivity index (χ4v) is 2.58. The fraction of sp³-hybridized carbons (Fsp3) is 0.368. The van der Waals surface area contributed by atoms with Crippen molar-refractivity contribution in [2.24, 2.45) is 5.73 Å². The molecule has 2 aromatic carbocycles. The Morgan fingerprint density at radius 2 is 1.62 bits per heavy atom. The average Bonchev–Trinajstić information content (AvgIpc) is 2.57. The van der Waals surface area contributed by atoms with Crippen LogP contribution in [0.3, 0.4) is 0 Å². The molecule has 0 heterocycles. The standard InChI is InChI=1S/C19H25F2N3/c1-23(2)9-10-24(13-16-6-3-5-15(11-16)12-22)14-17-7-4-8-18(20)19(17)21/h3-8,11H,9-10,12-14,22H2,1-2H3. The minimum absolute atomic E-state index is 0.365. The molecule has 0 bridgehead atoms. The van der Waals surface area contributed by atoms with Crippen molar-refractivity contribution < 1.29 is 8.78 Å². The third kappa shape index (κ3) is 5.37. The van der Waals surface area contributed by atoms with E-state index in [1.807, 2.05) is 32.3 Å². The van der Waals surface area contributed by atoms with Crippen molar-refractivity contribution in [3.63, 3.8) is 0 Å². The first-order valence-electron chi connectivity index (χ1n) is 8.07. The summed E-state index contributed by atoms with van der Waals surface area (Å²) in [6, 6.07) is 12.4. The summed E-state index contributed by atoms with van der Waals surface area (Å²) in [5, 5.41) is 0. The molecule has 0 saturated carbocycles. The van der Waals surface area contributed by atoms with Crippen LogP contribution in [-0.4, -0.2) is 37.0 Å².